The molecule has 1 saturated heterocycles. The van der Waals surface area contributed by atoms with Crippen LogP contribution in [0.1, 0.15) is 62.0 Å². The molecule has 0 radical (unpaired) electrons. The van der Waals surface area contributed by atoms with Gasteiger partial charge in [0, 0.05) is 30.0 Å². The van der Waals surface area contributed by atoms with E-state index in [1.807, 2.05) is 31.4 Å². The lowest BCUT2D eigenvalue weighted by Gasteiger charge is -2.31. The zero-order valence-electron chi connectivity index (χ0n) is 22.2. The minimum absolute atomic E-state index is 0.247. The monoisotopic (exact) mass is 504 g/mol. The fraction of sp³-hybridized carbons (Fsp3) is 0.467. The van der Waals surface area contributed by atoms with Gasteiger partial charge in [0.05, 0.1) is 0 Å². The Labute approximate surface area is 221 Å². The topological polar surface area (TPSA) is 65.1 Å². The van der Waals surface area contributed by atoms with Crippen molar-refractivity contribution in [2.45, 2.75) is 63.5 Å². The Morgan fingerprint density at radius 2 is 1.62 bits per heavy atom. The molecule has 3 aromatic rings. The second kappa shape index (κ2) is 14.1. The van der Waals surface area contributed by atoms with E-state index < -0.39 is 0 Å². The molecule has 0 bridgehead atoms. The van der Waals surface area contributed by atoms with Crippen LogP contribution in [0.3, 0.4) is 0 Å². The number of aromatic nitrogens is 2. The molecule has 7 heteroatoms. The lowest BCUT2D eigenvalue weighted by Crippen LogP contribution is -2.30. The molecule has 2 fully saturated rings. The van der Waals surface area contributed by atoms with Crippen molar-refractivity contribution in [3.8, 4) is 0 Å². The van der Waals surface area contributed by atoms with Gasteiger partial charge in [-0.1, -0.05) is 49.6 Å². The highest BCUT2D eigenvalue weighted by molar-refractivity contribution is 5.57. The molecule has 6 nitrogen and oxygen atoms in total. The summed E-state index contributed by atoms with van der Waals surface area (Å²) in [6.45, 7) is 3.19. The van der Waals surface area contributed by atoms with Crippen LogP contribution in [0.25, 0.3) is 0 Å². The van der Waals surface area contributed by atoms with Gasteiger partial charge in [-0.3, -0.25) is 0 Å². The number of anilines is 3. The van der Waals surface area contributed by atoms with Crippen molar-refractivity contribution >= 4 is 17.5 Å². The molecule has 3 N–H and O–H groups in total. The molecule has 1 aliphatic heterocycles. The second-order valence-corrected chi connectivity index (χ2v) is 10.2. The molecule has 2 heterocycles. The third kappa shape index (κ3) is 8.51. The van der Waals surface area contributed by atoms with Crippen LogP contribution < -0.4 is 16.0 Å². The van der Waals surface area contributed by atoms with E-state index in [1.165, 1.54) is 55.4 Å². The summed E-state index contributed by atoms with van der Waals surface area (Å²) in [5.74, 6) is 1.79. The van der Waals surface area contributed by atoms with Gasteiger partial charge in [0.25, 0.3) is 0 Å². The predicted molar refractivity (Wildman–Crippen MR) is 151 cm³/mol. The molecule has 2 aliphatic rings. The highest BCUT2D eigenvalue weighted by Crippen LogP contribution is 2.33. The molecule has 1 saturated carbocycles. The number of nitrogens with one attached hydrogen (secondary N) is 3. The summed E-state index contributed by atoms with van der Waals surface area (Å²) in [4.78, 5) is 11.8. The SMILES string of the molecule is CN1CCC(c2cnc(Nc3ccc(F)cc3)nc2NC2CCCCC2)CC1.CNCc1ccccc1. The third-order valence-corrected chi connectivity index (χ3v) is 7.25. The Morgan fingerprint density at radius 1 is 0.919 bits per heavy atom. The van der Waals surface area contributed by atoms with Crippen LogP contribution >= 0.6 is 0 Å². The van der Waals surface area contributed by atoms with E-state index in [-0.39, 0.29) is 5.82 Å². The molecule has 1 aliphatic carbocycles. The molecule has 0 atom stereocenters. The number of rotatable bonds is 7. The minimum atomic E-state index is -0.247. The Bertz CT molecular complexity index is 1060. The Kier molecular flexibility index (Phi) is 10.3. The van der Waals surface area contributed by atoms with Gasteiger partial charge in [0.2, 0.25) is 5.95 Å². The normalized spacial score (nSPS) is 17.1. The molecule has 0 spiro atoms. The molecule has 0 unspecified atom stereocenters. The smallest absolute Gasteiger partial charge is 0.229 e. The second-order valence-electron chi connectivity index (χ2n) is 10.2. The van der Waals surface area contributed by atoms with Gasteiger partial charge in [0.15, 0.2) is 0 Å². The van der Waals surface area contributed by atoms with Gasteiger partial charge in [0.1, 0.15) is 11.6 Å². The van der Waals surface area contributed by atoms with Crippen LogP contribution in [-0.4, -0.2) is 48.1 Å². The number of nitrogens with zero attached hydrogens (tertiary/aromatic N) is 3. The number of likely N-dealkylation sites (tertiary alicyclic amines) is 1. The molecular formula is C30H41FN6. The highest BCUT2D eigenvalue weighted by Gasteiger charge is 2.24. The summed E-state index contributed by atoms with van der Waals surface area (Å²) in [5.41, 5.74) is 3.36. The minimum Gasteiger partial charge on any atom is -0.367 e. The lowest BCUT2D eigenvalue weighted by atomic mass is 9.90. The maximum Gasteiger partial charge on any atom is 0.229 e. The van der Waals surface area contributed by atoms with Crippen molar-refractivity contribution in [2.24, 2.45) is 0 Å². The van der Waals surface area contributed by atoms with Crippen LogP contribution in [0.2, 0.25) is 0 Å². The molecule has 198 valence electrons. The van der Waals surface area contributed by atoms with E-state index in [9.17, 15) is 4.39 Å². The van der Waals surface area contributed by atoms with Crippen molar-refractivity contribution < 1.29 is 4.39 Å². The zero-order chi connectivity index (χ0) is 25.9. The summed E-state index contributed by atoms with van der Waals surface area (Å²) in [6, 6.07) is 17.1. The zero-order valence-corrected chi connectivity index (χ0v) is 22.2. The van der Waals surface area contributed by atoms with E-state index >= 15 is 0 Å². The lowest BCUT2D eigenvalue weighted by molar-refractivity contribution is 0.255. The quantitative estimate of drug-likeness (QED) is 0.350. The van der Waals surface area contributed by atoms with E-state index in [0.29, 0.717) is 17.9 Å². The maximum atomic E-state index is 13.2. The van der Waals surface area contributed by atoms with Gasteiger partial charge >= 0.3 is 0 Å². The first-order valence-corrected chi connectivity index (χ1v) is 13.6. The third-order valence-electron chi connectivity index (χ3n) is 7.25. The molecule has 2 aromatic carbocycles. The first-order valence-electron chi connectivity index (χ1n) is 13.6. The van der Waals surface area contributed by atoms with Crippen molar-refractivity contribution in [3.05, 3.63) is 77.7 Å². The van der Waals surface area contributed by atoms with E-state index in [0.717, 1.165) is 44.0 Å². The van der Waals surface area contributed by atoms with Crippen LogP contribution in [0.4, 0.5) is 21.8 Å². The van der Waals surface area contributed by atoms with Crippen molar-refractivity contribution in [2.75, 3.05) is 37.8 Å². The van der Waals surface area contributed by atoms with Crippen LogP contribution in [0.5, 0.6) is 0 Å². The molecule has 5 rings (SSSR count). The Morgan fingerprint density at radius 3 is 2.30 bits per heavy atom. The average Bonchev–Trinajstić information content (AvgIpc) is 2.93. The van der Waals surface area contributed by atoms with E-state index in [1.54, 1.807) is 12.1 Å². The fourth-order valence-electron chi connectivity index (χ4n) is 5.09. The van der Waals surface area contributed by atoms with Gasteiger partial charge in [-0.2, -0.15) is 4.98 Å². The number of benzene rings is 2. The van der Waals surface area contributed by atoms with Crippen LogP contribution in [-0.2, 0) is 6.54 Å². The number of halogens is 1. The average molecular weight is 505 g/mol. The summed E-state index contributed by atoms with van der Waals surface area (Å²) in [7, 11) is 4.14. The van der Waals surface area contributed by atoms with Gasteiger partial charge in [-0.05, 0) is 88.6 Å². The Balaban J connectivity index is 0.000000301. The standard InChI is InChI=1S/C22H30FN5.C8H11N/c1-28-13-11-16(12-14-28)20-15-24-22(26-19-9-7-17(23)8-10-19)27-21(20)25-18-5-3-2-4-6-18;1-9-7-8-5-3-2-4-6-8/h7-10,15-16,18H,2-6,11-14H2,1H3,(H2,24,25,26,27);2-6,9H,7H2,1H3. The van der Waals surface area contributed by atoms with Crippen molar-refractivity contribution in [1.29, 1.82) is 0 Å². The highest BCUT2D eigenvalue weighted by atomic mass is 19.1. The van der Waals surface area contributed by atoms with Crippen molar-refractivity contribution in [3.63, 3.8) is 0 Å². The number of piperidine rings is 1. The van der Waals surface area contributed by atoms with Crippen LogP contribution in [0, 0.1) is 5.82 Å². The van der Waals surface area contributed by atoms with Gasteiger partial charge in [-0.25, -0.2) is 9.37 Å². The number of hydrogen-bond donors (Lipinski definition) is 3. The fourth-order valence-corrected chi connectivity index (χ4v) is 5.09. The Hall–Kier alpha value is -3.03. The molecular weight excluding hydrogens is 463 g/mol. The largest absolute Gasteiger partial charge is 0.367 e. The van der Waals surface area contributed by atoms with Crippen LogP contribution in [0.15, 0.2) is 60.8 Å². The van der Waals surface area contributed by atoms with E-state index in [4.69, 9.17) is 4.98 Å². The summed E-state index contributed by atoms with van der Waals surface area (Å²) >= 11 is 0. The summed E-state index contributed by atoms with van der Waals surface area (Å²) in [6.07, 6.45) is 10.6. The molecule has 37 heavy (non-hydrogen) atoms. The first-order chi connectivity index (χ1) is 18.1. The maximum absolute atomic E-state index is 13.2. The van der Waals surface area contributed by atoms with Gasteiger partial charge in [-0.15, -0.1) is 0 Å². The first kappa shape index (κ1) is 27.0. The summed E-state index contributed by atoms with van der Waals surface area (Å²) < 4.78 is 13.2. The molecule has 0 amide bonds. The van der Waals surface area contributed by atoms with Gasteiger partial charge < -0.3 is 20.9 Å². The number of hydrogen-bond acceptors (Lipinski definition) is 6. The molecule has 1 aromatic heterocycles. The predicted octanol–water partition coefficient (Wildman–Crippen LogP) is 6.32. The van der Waals surface area contributed by atoms with Crippen molar-refractivity contribution in [1.82, 2.24) is 20.2 Å². The summed E-state index contributed by atoms with van der Waals surface area (Å²) in [5, 5.41) is 10.0. The van der Waals surface area contributed by atoms with E-state index in [2.05, 4.69) is 45.0 Å².